The largest absolute Gasteiger partial charge is 1.00 e. The standard InChI is InChI=1S/C19H26O9.C16H26P.C10H14O5.C9H12N.C9H11O4P.BrH.ClH/c1-14(2)18(22)27-11-9-25-7-5-24-6-8-26-10-12-28-19(23)15-3-4-16(20)17(21)13-15;1-6-17(7-2,8-3)13-15-9-11-16(12-10-15)14(4)5;1-7(2)10(13)15-5-4-14-9(12)6-8(3)11;1-8(2)9-4-6-10(3)7-5-9;1-7(2)8-3-5-9(6-4-8)13-14(10,11)12;;/h3-4,13,20-21H,1,5-12H2,2H3;9-12H,4,6-8,13H2,1-3,5H3;1,4-6H2,2-3H3;4-7H,1H2,2-3H3;3-6H,1H2,2H3,(H2,10,11,12);2*1H/q;+1;;+1;;;/p-2. The van der Waals surface area contributed by atoms with Crippen molar-refractivity contribution in [3.8, 4) is 17.2 Å². The predicted octanol–water partition coefficient (Wildman–Crippen LogP) is 5.09. The van der Waals surface area contributed by atoms with E-state index in [0.717, 1.165) is 28.3 Å². The molecule has 4 N–H and O–H groups in total. The minimum absolute atomic E-state index is 0. The van der Waals surface area contributed by atoms with Crippen molar-refractivity contribution in [1.29, 1.82) is 0 Å². The SMILES string of the molecule is C=C(C)C(=O)OCCOC(=O)CC(C)=O.C=C(C)C(=O)OCCOCCOCCOCCOC(=O)c1ccc(O)c(O)c1.C=C(C)c1cc[n+](C)cc1.C=C(C)c1ccc(C[P+](CC)(CC)CC)cc1.C=C(C)c1ccc(OP(=O)(O)O)cc1.[Br-].[Cl-]. The van der Waals surface area contributed by atoms with Crippen LogP contribution in [0.5, 0.6) is 17.2 Å². The first-order valence-electron chi connectivity index (χ1n) is 26.9. The van der Waals surface area contributed by atoms with E-state index in [4.69, 9.17) is 33.5 Å². The zero-order chi connectivity index (χ0) is 63.8. The number of ketones is 1. The van der Waals surface area contributed by atoms with Gasteiger partial charge in [-0.25, -0.2) is 23.5 Å². The molecule has 23 heteroatoms. The van der Waals surface area contributed by atoms with Crippen LogP contribution in [-0.4, -0.2) is 134 Å². The number of aromatic hydroxyl groups is 2. The van der Waals surface area contributed by atoms with Crippen LogP contribution in [0.1, 0.15) is 101 Å². The highest BCUT2D eigenvalue weighted by Gasteiger charge is 2.31. The summed E-state index contributed by atoms with van der Waals surface area (Å²) < 4.78 is 51.7. The highest BCUT2D eigenvalue weighted by Crippen LogP contribution is 2.60. The molecule has 0 amide bonds. The molecule has 0 fully saturated rings. The van der Waals surface area contributed by atoms with E-state index in [1.165, 1.54) is 79.5 Å². The lowest BCUT2D eigenvalue weighted by molar-refractivity contribution is -0.671. The number of esters is 4. The third kappa shape index (κ3) is 40.1. The smallest absolute Gasteiger partial charge is 0.524 e. The first-order valence-corrected chi connectivity index (χ1v) is 31.0. The Morgan fingerprint density at radius 1 is 0.523 bits per heavy atom. The number of pyridine rings is 1. The summed E-state index contributed by atoms with van der Waals surface area (Å²) >= 11 is 0. The average molecular weight is 1330 g/mol. The van der Waals surface area contributed by atoms with Crippen LogP contribution in [0.15, 0.2) is 135 Å². The summed E-state index contributed by atoms with van der Waals surface area (Å²) in [7, 11) is -3.17. The van der Waals surface area contributed by atoms with Gasteiger partial charge in [0.15, 0.2) is 23.9 Å². The number of nitrogens with zero attached hydrogens (tertiary/aromatic N) is 1. The van der Waals surface area contributed by atoms with Gasteiger partial charge in [0.25, 0.3) is 0 Å². The third-order valence-electron chi connectivity index (χ3n) is 11.6. The number of phenols is 2. The fourth-order valence-corrected chi connectivity index (χ4v) is 9.86. The number of benzene rings is 3. The van der Waals surface area contributed by atoms with Crippen molar-refractivity contribution in [2.45, 2.75) is 74.9 Å². The Morgan fingerprint density at radius 3 is 1.28 bits per heavy atom. The molecule has 19 nitrogen and oxygen atoms in total. The number of rotatable bonds is 30. The lowest BCUT2D eigenvalue weighted by Gasteiger charge is -2.23. The Hall–Kier alpha value is -6.31. The number of carbonyl (C=O) groups is 5. The lowest BCUT2D eigenvalue weighted by Crippen LogP contribution is -3.00. The number of hydrogen-bond donors (Lipinski definition) is 4. The number of aromatic nitrogens is 1. The molecule has 0 atom stereocenters. The summed E-state index contributed by atoms with van der Waals surface area (Å²) in [5.41, 5.74) is 8.79. The molecular formula is C63H89BrClNO18P2. The molecule has 0 spiro atoms. The molecule has 4 rings (SSSR count). The predicted molar refractivity (Wildman–Crippen MR) is 330 cm³/mol. The van der Waals surface area contributed by atoms with Gasteiger partial charge in [0, 0.05) is 30.5 Å². The summed E-state index contributed by atoms with van der Waals surface area (Å²) in [4.78, 5) is 72.0. The molecule has 0 aliphatic rings. The van der Waals surface area contributed by atoms with E-state index >= 15 is 0 Å². The molecule has 1 heterocycles. The first-order chi connectivity index (χ1) is 39.5. The normalized spacial score (nSPS) is 10.2. The first kappa shape index (κ1) is 83.9. The lowest BCUT2D eigenvalue weighted by atomic mass is 10.1. The van der Waals surface area contributed by atoms with Gasteiger partial charge in [-0.2, -0.15) is 0 Å². The van der Waals surface area contributed by atoms with E-state index in [2.05, 4.69) is 111 Å². The maximum absolute atomic E-state index is 11.7. The van der Waals surface area contributed by atoms with Gasteiger partial charge in [-0.3, -0.25) is 19.4 Å². The van der Waals surface area contributed by atoms with Gasteiger partial charge in [0.1, 0.15) is 51.4 Å². The number of ether oxygens (including phenoxy) is 7. The molecule has 3 aromatic carbocycles. The number of allylic oxidation sites excluding steroid dienone is 3. The van der Waals surface area contributed by atoms with Crippen molar-refractivity contribution < 1.29 is 120 Å². The topological polar surface area (TPSA) is 261 Å². The average Bonchev–Trinajstić information content (AvgIpc) is 3.66. The summed E-state index contributed by atoms with van der Waals surface area (Å²) in [5, 5.41) is 18.5. The molecule has 478 valence electrons. The van der Waals surface area contributed by atoms with E-state index < -0.39 is 39.0 Å². The van der Waals surface area contributed by atoms with Crippen molar-refractivity contribution in [2.75, 3.05) is 84.6 Å². The van der Waals surface area contributed by atoms with Gasteiger partial charge in [-0.05, 0) is 115 Å². The number of phenolic OH excluding ortho intramolecular Hbond substituents is 2. The molecule has 0 saturated heterocycles. The van der Waals surface area contributed by atoms with Crippen LogP contribution in [0.2, 0.25) is 0 Å². The molecule has 0 bridgehead atoms. The van der Waals surface area contributed by atoms with Gasteiger partial charge in [-0.15, -0.1) is 0 Å². The van der Waals surface area contributed by atoms with Crippen molar-refractivity contribution in [3.05, 3.63) is 163 Å². The van der Waals surface area contributed by atoms with Gasteiger partial charge in [0.2, 0.25) is 0 Å². The van der Waals surface area contributed by atoms with Crippen molar-refractivity contribution >= 4 is 61.5 Å². The van der Waals surface area contributed by atoms with Gasteiger partial charge in [0.05, 0.1) is 69.9 Å². The maximum atomic E-state index is 11.7. The Morgan fingerprint density at radius 2 is 0.895 bits per heavy atom. The number of phosphoric acid groups is 1. The molecule has 0 aliphatic heterocycles. The molecule has 0 aliphatic carbocycles. The molecule has 86 heavy (non-hydrogen) atoms. The second-order valence-electron chi connectivity index (χ2n) is 19.0. The number of hydrogen-bond acceptors (Lipinski definition) is 16. The highest BCUT2D eigenvalue weighted by atomic mass is 79.9. The summed E-state index contributed by atoms with van der Waals surface area (Å²) in [6, 6.07) is 23.2. The zero-order valence-electron chi connectivity index (χ0n) is 51.4. The van der Waals surface area contributed by atoms with Crippen LogP contribution in [0, 0.1) is 0 Å². The van der Waals surface area contributed by atoms with Gasteiger partial charge < -0.3 is 77.3 Å². The Labute approximate surface area is 525 Å². The van der Waals surface area contributed by atoms with Crippen molar-refractivity contribution in [3.63, 3.8) is 0 Å². The van der Waals surface area contributed by atoms with Crippen LogP contribution >= 0.6 is 15.1 Å². The second-order valence-corrected chi connectivity index (χ2v) is 25.0. The number of carbonyl (C=O) groups excluding carboxylic acids is 5. The minimum atomic E-state index is -4.45. The number of halogens is 2. The van der Waals surface area contributed by atoms with E-state index in [0.29, 0.717) is 32.0 Å². The molecule has 0 saturated carbocycles. The molecule has 4 aromatic rings. The quantitative estimate of drug-likeness (QED) is 0.00774. The molecule has 1 aromatic heterocycles. The fraction of sp³-hybridized carbons (Fsp3) is 0.397. The van der Waals surface area contributed by atoms with Crippen LogP contribution in [-0.2, 0) is 70.1 Å². The van der Waals surface area contributed by atoms with E-state index in [1.54, 1.807) is 19.1 Å². The summed E-state index contributed by atoms with van der Waals surface area (Å²) in [6.45, 7) is 37.8. The van der Waals surface area contributed by atoms with E-state index in [1.807, 2.05) is 37.9 Å². The number of phosphoric ester groups is 1. The van der Waals surface area contributed by atoms with Crippen LogP contribution in [0.4, 0.5) is 0 Å². The second kappa shape index (κ2) is 46.8. The minimum Gasteiger partial charge on any atom is -1.00 e. The van der Waals surface area contributed by atoms with Crippen LogP contribution in [0.3, 0.4) is 0 Å². The van der Waals surface area contributed by atoms with Crippen molar-refractivity contribution in [1.82, 2.24) is 0 Å². The number of aryl methyl sites for hydroxylation is 1. The van der Waals surface area contributed by atoms with Crippen LogP contribution < -0.4 is 38.5 Å². The van der Waals surface area contributed by atoms with Gasteiger partial charge in [-0.1, -0.05) is 86.0 Å². The van der Waals surface area contributed by atoms with Crippen molar-refractivity contribution in [2.24, 2.45) is 7.05 Å². The monoisotopic (exact) mass is 1320 g/mol. The Bertz CT molecular complexity index is 2770. The van der Waals surface area contributed by atoms with Gasteiger partial charge >= 0.3 is 31.7 Å². The van der Waals surface area contributed by atoms with E-state index in [9.17, 15) is 38.8 Å². The summed E-state index contributed by atoms with van der Waals surface area (Å²) in [6.07, 6.45) is 9.22. The summed E-state index contributed by atoms with van der Waals surface area (Å²) in [5.74, 6) is -3.03. The Kier molecular flexibility index (Phi) is 45.7. The highest BCUT2D eigenvalue weighted by molar-refractivity contribution is 7.75. The zero-order valence-corrected chi connectivity index (χ0v) is 55.5. The maximum Gasteiger partial charge on any atom is 0.524 e. The molecule has 0 unspecified atom stereocenters. The van der Waals surface area contributed by atoms with E-state index in [-0.39, 0.29) is 110 Å². The molecular weight excluding hydrogens is 1240 g/mol. The Balaban J connectivity index is -0.00000104. The van der Waals surface area contributed by atoms with Crippen LogP contribution in [0.25, 0.3) is 16.7 Å². The third-order valence-corrected chi connectivity index (χ3v) is 17.1. The fourth-order valence-electron chi connectivity index (χ4n) is 6.46. The number of Topliss-reactive ketones (excluding diaryl/α,β-unsaturated/α-hetero) is 1. The molecule has 0 radical (unpaired) electrons.